The van der Waals surface area contributed by atoms with Crippen LogP contribution in [0.2, 0.25) is 0 Å². The Hall–Kier alpha value is -3.28. The molecule has 25 heavy (non-hydrogen) atoms. The van der Waals surface area contributed by atoms with Gasteiger partial charge in [-0.1, -0.05) is 36.4 Å². The second kappa shape index (κ2) is 5.98. The van der Waals surface area contributed by atoms with Crippen LogP contribution < -0.4 is 20.1 Å². The Labute approximate surface area is 144 Å². The highest BCUT2D eigenvalue weighted by atomic mass is 16.7. The van der Waals surface area contributed by atoms with Crippen molar-refractivity contribution in [2.24, 2.45) is 0 Å². The third-order valence-corrected chi connectivity index (χ3v) is 4.24. The third-order valence-electron chi connectivity index (χ3n) is 4.24. The number of amides is 2. The van der Waals surface area contributed by atoms with Crippen molar-refractivity contribution >= 4 is 17.5 Å². The predicted molar refractivity (Wildman–Crippen MR) is 91.0 cm³/mol. The third kappa shape index (κ3) is 2.71. The summed E-state index contributed by atoms with van der Waals surface area (Å²) >= 11 is 0. The molecular formula is C19H16N2O4. The van der Waals surface area contributed by atoms with Gasteiger partial charge in [0.2, 0.25) is 6.79 Å². The SMILES string of the molecule is CC(=O)C1=C(c2ccccc2)NC(=O)N[C@H]1c1ccc2c(c1)OCO2. The fourth-order valence-electron chi connectivity index (χ4n) is 3.12. The second-order valence-electron chi connectivity index (χ2n) is 5.86. The van der Waals surface area contributed by atoms with E-state index in [2.05, 4.69) is 10.6 Å². The molecule has 2 aliphatic heterocycles. The van der Waals surface area contributed by atoms with Crippen LogP contribution in [0.15, 0.2) is 54.1 Å². The van der Waals surface area contributed by atoms with Gasteiger partial charge >= 0.3 is 6.03 Å². The van der Waals surface area contributed by atoms with Crippen LogP contribution in [0.4, 0.5) is 4.79 Å². The first-order valence-electron chi connectivity index (χ1n) is 7.91. The first-order valence-corrected chi connectivity index (χ1v) is 7.91. The number of ether oxygens (including phenoxy) is 2. The highest BCUT2D eigenvalue weighted by molar-refractivity contribution is 6.06. The number of nitrogens with one attached hydrogen (secondary N) is 2. The van der Waals surface area contributed by atoms with E-state index < -0.39 is 6.04 Å². The van der Waals surface area contributed by atoms with Crippen molar-refractivity contribution < 1.29 is 19.1 Å². The van der Waals surface area contributed by atoms with Crippen LogP contribution in [0.5, 0.6) is 11.5 Å². The van der Waals surface area contributed by atoms with E-state index in [9.17, 15) is 9.59 Å². The van der Waals surface area contributed by atoms with Gasteiger partial charge in [-0.2, -0.15) is 0 Å². The molecule has 2 aromatic carbocycles. The van der Waals surface area contributed by atoms with Gasteiger partial charge in [-0.25, -0.2) is 4.79 Å². The molecule has 2 N–H and O–H groups in total. The van der Waals surface area contributed by atoms with E-state index in [1.165, 1.54) is 6.92 Å². The molecular weight excluding hydrogens is 320 g/mol. The number of urea groups is 1. The Morgan fingerprint density at radius 1 is 1.08 bits per heavy atom. The zero-order valence-electron chi connectivity index (χ0n) is 13.5. The lowest BCUT2D eigenvalue weighted by Crippen LogP contribution is -2.44. The van der Waals surface area contributed by atoms with Crippen LogP contribution in [0.25, 0.3) is 5.70 Å². The molecule has 126 valence electrons. The number of Topliss-reactive ketones (excluding diaryl/α,β-unsaturated/α-hetero) is 1. The number of carbonyl (C=O) groups is 2. The Bertz CT molecular complexity index is 890. The molecule has 0 bridgehead atoms. The molecule has 6 heteroatoms. The number of ketones is 1. The van der Waals surface area contributed by atoms with Gasteiger partial charge in [0.1, 0.15) is 0 Å². The molecule has 0 spiro atoms. The molecule has 2 amide bonds. The van der Waals surface area contributed by atoms with Gasteiger partial charge in [0.15, 0.2) is 17.3 Å². The number of rotatable bonds is 3. The largest absolute Gasteiger partial charge is 0.454 e. The van der Waals surface area contributed by atoms with E-state index in [1.54, 1.807) is 12.1 Å². The number of benzene rings is 2. The first kappa shape index (κ1) is 15.3. The van der Waals surface area contributed by atoms with Crippen molar-refractivity contribution in [3.05, 3.63) is 65.2 Å². The number of hydrogen-bond donors (Lipinski definition) is 2. The van der Waals surface area contributed by atoms with Crippen LogP contribution in [0.3, 0.4) is 0 Å². The zero-order valence-corrected chi connectivity index (χ0v) is 13.5. The standard InChI is InChI=1S/C19H16N2O4/c1-11(22)16-17(12-5-3-2-4-6-12)20-19(23)21-18(16)13-7-8-14-15(9-13)25-10-24-14/h2-9,18H,10H2,1H3,(H2,20,21,23)/t18-/m0/s1. The van der Waals surface area contributed by atoms with Crippen LogP contribution >= 0.6 is 0 Å². The maximum absolute atomic E-state index is 12.4. The molecule has 0 aromatic heterocycles. The van der Waals surface area contributed by atoms with Crippen molar-refractivity contribution in [3.8, 4) is 11.5 Å². The Morgan fingerprint density at radius 3 is 2.60 bits per heavy atom. The van der Waals surface area contributed by atoms with Gasteiger partial charge in [0.05, 0.1) is 11.7 Å². The van der Waals surface area contributed by atoms with E-state index in [4.69, 9.17) is 9.47 Å². The van der Waals surface area contributed by atoms with Crippen molar-refractivity contribution in [2.45, 2.75) is 13.0 Å². The quantitative estimate of drug-likeness (QED) is 0.904. The van der Waals surface area contributed by atoms with E-state index in [1.807, 2.05) is 36.4 Å². The number of carbonyl (C=O) groups excluding carboxylic acids is 2. The second-order valence-corrected chi connectivity index (χ2v) is 5.86. The van der Waals surface area contributed by atoms with Crippen LogP contribution in [-0.4, -0.2) is 18.6 Å². The molecule has 0 saturated carbocycles. The monoisotopic (exact) mass is 336 g/mol. The van der Waals surface area contributed by atoms with Gasteiger partial charge in [0.25, 0.3) is 0 Å². The molecule has 4 rings (SSSR count). The van der Waals surface area contributed by atoms with Gasteiger partial charge < -0.3 is 20.1 Å². The molecule has 2 aliphatic rings. The van der Waals surface area contributed by atoms with Crippen LogP contribution in [0.1, 0.15) is 24.1 Å². The minimum absolute atomic E-state index is 0.117. The van der Waals surface area contributed by atoms with Gasteiger partial charge in [0, 0.05) is 5.57 Å². The summed E-state index contributed by atoms with van der Waals surface area (Å²) in [6, 6.07) is 13.8. The van der Waals surface area contributed by atoms with Crippen LogP contribution in [-0.2, 0) is 4.79 Å². The highest BCUT2D eigenvalue weighted by Gasteiger charge is 2.32. The van der Waals surface area contributed by atoms with Gasteiger partial charge in [-0.05, 0) is 30.2 Å². The first-order chi connectivity index (χ1) is 12.1. The van der Waals surface area contributed by atoms with Crippen molar-refractivity contribution in [3.63, 3.8) is 0 Å². The average molecular weight is 336 g/mol. The molecule has 0 radical (unpaired) electrons. The fraction of sp³-hybridized carbons (Fsp3) is 0.158. The Balaban J connectivity index is 1.85. The smallest absolute Gasteiger partial charge is 0.320 e. The summed E-state index contributed by atoms with van der Waals surface area (Å²) in [6.07, 6.45) is 0. The Morgan fingerprint density at radius 2 is 1.84 bits per heavy atom. The summed E-state index contributed by atoms with van der Waals surface area (Å²) in [5.74, 6) is 1.14. The molecule has 0 unspecified atom stereocenters. The lowest BCUT2D eigenvalue weighted by atomic mass is 9.90. The summed E-state index contributed by atoms with van der Waals surface area (Å²) in [4.78, 5) is 24.6. The van der Waals surface area contributed by atoms with E-state index in [-0.39, 0.29) is 18.6 Å². The minimum Gasteiger partial charge on any atom is -0.454 e. The summed E-state index contributed by atoms with van der Waals surface area (Å²) in [5.41, 5.74) is 2.58. The molecule has 2 aromatic rings. The predicted octanol–water partition coefficient (Wildman–Crippen LogP) is 2.77. The van der Waals surface area contributed by atoms with Crippen molar-refractivity contribution in [1.29, 1.82) is 0 Å². The molecule has 2 heterocycles. The van der Waals surface area contributed by atoms with Crippen molar-refractivity contribution in [1.82, 2.24) is 10.6 Å². The van der Waals surface area contributed by atoms with Crippen LogP contribution in [0, 0.1) is 0 Å². The lowest BCUT2D eigenvalue weighted by molar-refractivity contribution is -0.113. The maximum atomic E-state index is 12.4. The van der Waals surface area contributed by atoms with Gasteiger partial charge in [-0.15, -0.1) is 0 Å². The zero-order chi connectivity index (χ0) is 17.4. The van der Waals surface area contributed by atoms with E-state index in [0.29, 0.717) is 22.8 Å². The molecule has 6 nitrogen and oxygen atoms in total. The summed E-state index contributed by atoms with van der Waals surface area (Å²) in [7, 11) is 0. The minimum atomic E-state index is -0.559. The normalized spacial score (nSPS) is 18.6. The summed E-state index contributed by atoms with van der Waals surface area (Å²) in [5, 5.41) is 5.60. The lowest BCUT2D eigenvalue weighted by Gasteiger charge is -2.29. The summed E-state index contributed by atoms with van der Waals surface area (Å²) in [6.45, 7) is 1.67. The van der Waals surface area contributed by atoms with E-state index >= 15 is 0 Å². The highest BCUT2D eigenvalue weighted by Crippen LogP contribution is 2.38. The topological polar surface area (TPSA) is 76.7 Å². The molecule has 0 saturated heterocycles. The fourth-order valence-corrected chi connectivity index (χ4v) is 3.12. The molecule has 0 aliphatic carbocycles. The van der Waals surface area contributed by atoms with Crippen molar-refractivity contribution in [2.75, 3.05) is 6.79 Å². The molecule has 1 atom stereocenters. The molecule has 0 fully saturated rings. The number of fused-ring (bicyclic) bond motifs is 1. The van der Waals surface area contributed by atoms with Gasteiger partial charge in [-0.3, -0.25) is 4.79 Å². The summed E-state index contributed by atoms with van der Waals surface area (Å²) < 4.78 is 10.7. The Kier molecular flexibility index (Phi) is 3.65. The maximum Gasteiger partial charge on any atom is 0.320 e. The number of hydrogen-bond acceptors (Lipinski definition) is 4. The average Bonchev–Trinajstić information content (AvgIpc) is 3.09. The van der Waals surface area contributed by atoms with E-state index in [0.717, 1.165) is 11.1 Å².